The molecule has 0 aliphatic rings. The highest BCUT2D eigenvalue weighted by atomic mass is 32.1. The molecular weight excluding hydrogens is 248 g/mol. The normalized spacial score (nSPS) is 12.1. The van der Waals surface area contributed by atoms with Gasteiger partial charge in [0.1, 0.15) is 5.01 Å². The second-order valence-electron chi connectivity index (χ2n) is 4.02. The zero-order chi connectivity index (χ0) is 13.1. The standard InChI is InChI=1S/C13H14N2O2S/c1-8-10(13(16)17)4-3-5-11(8)15-9(2)12-14-6-7-18-12/h3-7,9,15H,1-2H3,(H,16,17). The van der Waals surface area contributed by atoms with Gasteiger partial charge in [-0.1, -0.05) is 6.07 Å². The molecule has 0 bridgehead atoms. The highest BCUT2D eigenvalue weighted by Gasteiger charge is 2.13. The van der Waals surface area contributed by atoms with Gasteiger partial charge in [0.2, 0.25) is 0 Å². The van der Waals surface area contributed by atoms with Crippen molar-refractivity contribution in [1.82, 2.24) is 4.98 Å². The number of benzene rings is 1. The minimum atomic E-state index is -0.905. The van der Waals surface area contributed by atoms with E-state index in [9.17, 15) is 4.79 Å². The summed E-state index contributed by atoms with van der Waals surface area (Å²) in [5.74, 6) is -0.905. The van der Waals surface area contributed by atoms with Crippen LogP contribution in [0.25, 0.3) is 0 Å². The molecule has 2 N–H and O–H groups in total. The summed E-state index contributed by atoms with van der Waals surface area (Å²) < 4.78 is 0. The van der Waals surface area contributed by atoms with E-state index in [1.807, 2.05) is 18.4 Å². The SMILES string of the molecule is Cc1c(NC(C)c2nccs2)cccc1C(=O)O. The minimum Gasteiger partial charge on any atom is -0.478 e. The molecule has 5 heteroatoms. The number of aromatic carboxylic acids is 1. The summed E-state index contributed by atoms with van der Waals surface area (Å²) in [5.41, 5.74) is 1.90. The maximum Gasteiger partial charge on any atom is 0.336 e. The predicted molar refractivity (Wildman–Crippen MR) is 72.3 cm³/mol. The third kappa shape index (κ3) is 2.51. The molecule has 1 atom stereocenters. The molecule has 0 fully saturated rings. The number of anilines is 1. The number of aromatic nitrogens is 1. The lowest BCUT2D eigenvalue weighted by atomic mass is 10.1. The Bertz CT molecular complexity index is 552. The fourth-order valence-corrected chi connectivity index (χ4v) is 2.41. The molecule has 2 rings (SSSR count). The van der Waals surface area contributed by atoms with E-state index < -0.39 is 5.97 Å². The molecule has 1 heterocycles. The predicted octanol–water partition coefficient (Wildman–Crippen LogP) is 3.32. The van der Waals surface area contributed by atoms with E-state index in [4.69, 9.17) is 5.11 Å². The molecule has 2 aromatic rings. The summed E-state index contributed by atoms with van der Waals surface area (Å²) in [5, 5.41) is 15.3. The van der Waals surface area contributed by atoms with E-state index in [1.54, 1.807) is 36.6 Å². The summed E-state index contributed by atoms with van der Waals surface area (Å²) >= 11 is 1.58. The van der Waals surface area contributed by atoms with E-state index in [1.165, 1.54) is 0 Å². The number of carbonyl (C=O) groups is 1. The number of rotatable bonds is 4. The van der Waals surface area contributed by atoms with Crippen molar-refractivity contribution in [2.45, 2.75) is 19.9 Å². The first kappa shape index (κ1) is 12.6. The highest BCUT2D eigenvalue weighted by molar-refractivity contribution is 7.09. The molecule has 0 saturated heterocycles. The molecule has 0 aliphatic carbocycles. The molecular formula is C13H14N2O2S. The fourth-order valence-electron chi connectivity index (χ4n) is 1.77. The molecule has 4 nitrogen and oxygen atoms in total. The maximum absolute atomic E-state index is 11.1. The van der Waals surface area contributed by atoms with Crippen molar-refractivity contribution in [3.63, 3.8) is 0 Å². The molecule has 94 valence electrons. The summed E-state index contributed by atoms with van der Waals surface area (Å²) in [4.78, 5) is 15.3. The van der Waals surface area contributed by atoms with Gasteiger partial charge in [-0.2, -0.15) is 0 Å². The average molecular weight is 262 g/mol. The molecule has 18 heavy (non-hydrogen) atoms. The Kier molecular flexibility index (Phi) is 3.62. The lowest BCUT2D eigenvalue weighted by molar-refractivity contribution is 0.0696. The van der Waals surface area contributed by atoms with E-state index in [-0.39, 0.29) is 6.04 Å². The van der Waals surface area contributed by atoms with Crippen molar-refractivity contribution in [3.8, 4) is 0 Å². The highest BCUT2D eigenvalue weighted by Crippen LogP contribution is 2.25. The van der Waals surface area contributed by atoms with Gasteiger partial charge in [0, 0.05) is 17.3 Å². The van der Waals surface area contributed by atoms with E-state index >= 15 is 0 Å². The van der Waals surface area contributed by atoms with Crippen LogP contribution in [-0.4, -0.2) is 16.1 Å². The Hall–Kier alpha value is -1.88. The van der Waals surface area contributed by atoms with Gasteiger partial charge in [-0.3, -0.25) is 0 Å². The van der Waals surface area contributed by atoms with Crippen molar-refractivity contribution < 1.29 is 9.90 Å². The second kappa shape index (κ2) is 5.18. The topological polar surface area (TPSA) is 62.2 Å². The molecule has 1 aromatic heterocycles. The Morgan fingerprint density at radius 3 is 2.89 bits per heavy atom. The average Bonchev–Trinajstić information content (AvgIpc) is 2.85. The number of carboxylic acid groups (broad SMARTS) is 1. The van der Waals surface area contributed by atoms with Crippen molar-refractivity contribution >= 4 is 23.0 Å². The third-order valence-electron chi connectivity index (χ3n) is 2.76. The number of thiazole rings is 1. The molecule has 0 aliphatic heterocycles. The van der Waals surface area contributed by atoms with Gasteiger partial charge in [0.25, 0.3) is 0 Å². The van der Waals surface area contributed by atoms with E-state index in [2.05, 4.69) is 10.3 Å². The number of nitrogens with zero attached hydrogens (tertiary/aromatic N) is 1. The molecule has 0 radical (unpaired) electrons. The van der Waals surface area contributed by atoms with Gasteiger partial charge >= 0.3 is 5.97 Å². The molecule has 1 unspecified atom stereocenters. The van der Waals surface area contributed by atoms with Gasteiger partial charge in [-0.05, 0) is 31.5 Å². The van der Waals surface area contributed by atoms with Crippen LogP contribution in [0.15, 0.2) is 29.8 Å². The van der Waals surface area contributed by atoms with Crippen LogP contribution in [0.5, 0.6) is 0 Å². The van der Waals surface area contributed by atoms with Crippen LogP contribution in [0.4, 0.5) is 5.69 Å². The van der Waals surface area contributed by atoms with Crippen LogP contribution in [0.1, 0.15) is 33.9 Å². The number of carboxylic acids is 1. The lowest BCUT2D eigenvalue weighted by Gasteiger charge is -2.16. The van der Waals surface area contributed by atoms with Crippen LogP contribution in [-0.2, 0) is 0 Å². The largest absolute Gasteiger partial charge is 0.478 e. The zero-order valence-electron chi connectivity index (χ0n) is 10.2. The van der Waals surface area contributed by atoms with Crippen molar-refractivity contribution in [1.29, 1.82) is 0 Å². The smallest absolute Gasteiger partial charge is 0.336 e. The van der Waals surface area contributed by atoms with Gasteiger partial charge in [-0.15, -0.1) is 11.3 Å². The van der Waals surface area contributed by atoms with Crippen molar-refractivity contribution in [2.75, 3.05) is 5.32 Å². The summed E-state index contributed by atoms with van der Waals surface area (Å²) in [6.07, 6.45) is 1.76. The van der Waals surface area contributed by atoms with Crippen molar-refractivity contribution in [3.05, 3.63) is 45.9 Å². The maximum atomic E-state index is 11.1. The molecule has 0 saturated carbocycles. The van der Waals surface area contributed by atoms with Gasteiger partial charge in [0.05, 0.1) is 11.6 Å². The first-order chi connectivity index (χ1) is 8.59. The van der Waals surface area contributed by atoms with Crippen molar-refractivity contribution in [2.24, 2.45) is 0 Å². The Morgan fingerprint density at radius 1 is 1.50 bits per heavy atom. The first-order valence-electron chi connectivity index (χ1n) is 5.58. The number of nitrogens with one attached hydrogen (secondary N) is 1. The fraction of sp³-hybridized carbons (Fsp3) is 0.231. The lowest BCUT2D eigenvalue weighted by Crippen LogP contribution is -2.09. The monoisotopic (exact) mass is 262 g/mol. The van der Waals surface area contributed by atoms with Gasteiger partial charge < -0.3 is 10.4 Å². The number of hydrogen-bond acceptors (Lipinski definition) is 4. The Labute approximate surface area is 109 Å². The van der Waals surface area contributed by atoms with Crippen LogP contribution in [0, 0.1) is 6.92 Å². The molecule has 1 aromatic carbocycles. The molecule has 0 spiro atoms. The van der Waals surface area contributed by atoms with Crippen LogP contribution in [0.2, 0.25) is 0 Å². The van der Waals surface area contributed by atoms with E-state index in [0.29, 0.717) is 5.56 Å². The third-order valence-corrected chi connectivity index (χ3v) is 3.72. The molecule has 0 amide bonds. The van der Waals surface area contributed by atoms with Crippen LogP contribution >= 0.6 is 11.3 Å². The van der Waals surface area contributed by atoms with Crippen LogP contribution < -0.4 is 5.32 Å². The minimum absolute atomic E-state index is 0.0627. The van der Waals surface area contributed by atoms with Crippen LogP contribution in [0.3, 0.4) is 0 Å². The summed E-state index contributed by atoms with van der Waals surface area (Å²) in [6.45, 7) is 3.81. The summed E-state index contributed by atoms with van der Waals surface area (Å²) in [7, 11) is 0. The summed E-state index contributed by atoms with van der Waals surface area (Å²) in [6, 6.07) is 5.30. The Balaban J connectivity index is 2.24. The van der Waals surface area contributed by atoms with Gasteiger partial charge in [-0.25, -0.2) is 9.78 Å². The van der Waals surface area contributed by atoms with Gasteiger partial charge in [0.15, 0.2) is 0 Å². The number of hydrogen-bond donors (Lipinski definition) is 2. The zero-order valence-corrected chi connectivity index (χ0v) is 11.0. The first-order valence-corrected chi connectivity index (χ1v) is 6.46. The van der Waals surface area contributed by atoms with E-state index in [0.717, 1.165) is 16.3 Å². The Morgan fingerprint density at radius 2 is 2.28 bits per heavy atom. The second-order valence-corrected chi connectivity index (χ2v) is 4.95. The quantitative estimate of drug-likeness (QED) is 0.887.